The molecule has 0 aromatic heterocycles. The normalized spacial score (nSPS) is 25.8. The molecule has 3 unspecified atom stereocenters. The molecule has 3 atom stereocenters. The number of methoxy groups -OCH3 is 2. The Balaban J connectivity index is 2.23. The van der Waals surface area contributed by atoms with Crippen molar-refractivity contribution in [1.82, 2.24) is 0 Å². The van der Waals surface area contributed by atoms with Gasteiger partial charge in [-0.1, -0.05) is 30.3 Å². The Kier molecular flexibility index (Phi) is 4.77. The van der Waals surface area contributed by atoms with Gasteiger partial charge in [-0.05, 0) is 30.7 Å². The van der Waals surface area contributed by atoms with Crippen LogP contribution in [0.25, 0.3) is 0 Å². The predicted molar refractivity (Wildman–Crippen MR) is 74.0 cm³/mol. The average molecular weight is 276 g/mol. The number of ether oxygens (including phenoxy) is 2. The highest BCUT2D eigenvalue weighted by atomic mass is 16.5. The van der Waals surface area contributed by atoms with Crippen LogP contribution in [0.4, 0.5) is 0 Å². The molecule has 0 saturated heterocycles. The highest BCUT2D eigenvalue weighted by Gasteiger charge is 2.39. The molecule has 4 nitrogen and oxygen atoms in total. The van der Waals surface area contributed by atoms with Gasteiger partial charge in [-0.2, -0.15) is 0 Å². The molecular formula is C16H20O4. The highest BCUT2D eigenvalue weighted by Crippen LogP contribution is 2.41. The quantitative estimate of drug-likeness (QED) is 0.796. The smallest absolute Gasteiger partial charge is 0.309 e. The summed E-state index contributed by atoms with van der Waals surface area (Å²) in [6, 6.07) is 9.84. The Bertz CT molecular complexity index is 469. The van der Waals surface area contributed by atoms with Crippen molar-refractivity contribution in [2.24, 2.45) is 11.8 Å². The number of rotatable bonds is 3. The average Bonchev–Trinajstić information content (AvgIpc) is 2.53. The predicted octanol–water partition coefficient (Wildman–Crippen LogP) is 2.53. The fourth-order valence-corrected chi connectivity index (χ4v) is 3.05. The summed E-state index contributed by atoms with van der Waals surface area (Å²) in [5.74, 6) is -0.674. The number of benzene rings is 1. The lowest BCUT2D eigenvalue weighted by Crippen LogP contribution is -2.33. The number of hydrogen-bond acceptors (Lipinski definition) is 4. The maximum atomic E-state index is 12.0. The van der Waals surface area contributed by atoms with Crippen LogP contribution in [0.1, 0.15) is 30.7 Å². The van der Waals surface area contributed by atoms with E-state index in [-0.39, 0.29) is 29.7 Å². The van der Waals surface area contributed by atoms with Gasteiger partial charge < -0.3 is 9.47 Å². The Labute approximate surface area is 119 Å². The van der Waals surface area contributed by atoms with Crippen molar-refractivity contribution >= 4 is 11.9 Å². The zero-order valence-corrected chi connectivity index (χ0v) is 11.9. The Morgan fingerprint density at radius 3 is 2.25 bits per heavy atom. The minimum Gasteiger partial charge on any atom is -0.469 e. The lowest BCUT2D eigenvalue weighted by molar-refractivity contribution is -0.152. The van der Waals surface area contributed by atoms with Crippen molar-refractivity contribution in [3.63, 3.8) is 0 Å². The second kappa shape index (κ2) is 6.55. The summed E-state index contributed by atoms with van der Waals surface area (Å²) in [4.78, 5) is 23.7. The number of carbonyl (C=O) groups excluding carboxylic acids is 2. The zero-order valence-electron chi connectivity index (χ0n) is 11.9. The van der Waals surface area contributed by atoms with Gasteiger partial charge in [-0.15, -0.1) is 0 Å². The SMILES string of the molecule is COC(=O)C1CCC(C(=O)OC)C(c2ccccc2)C1. The first-order valence-electron chi connectivity index (χ1n) is 6.88. The van der Waals surface area contributed by atoms with E-state index in [0.29, 0.717) is 19.3 Å². The van der Waals surface area contributed by atoms with Crippen LogP contribution in [0.15, 0.2) is 30.3 Å². The second-order valence-electron chi connectivity index (χ2n) is 5.18. The van der Waals surface area contributed by atoms with E-state index < -0.39 is 0 Å². The first kappa shape index (κ1) is 14.6. The maximum Gasteiger partial charge on any atom is 0.309 e. The largest absolute Gasteiger partial charge is 0.469 e. The molecule has 0 N–H and O–H groups in total. The summed E-state index contributed by atoms with van der Waals surface area (Å²) in [7, 11) is 2.82. The third-order valence-electron chi connectivity index (χ3n) is 4.12. The Hall–Kier alpha value is -1.84. The maximum absolute atomic E-state index is 12.0. The van der Waals surface area contributed by atoms with Gasteiger partial charge in [-0.3, -0.25) is 9.59 Å². The molecule has 0 aliphatic heterocycles. The van der Waals surface area contributed by atoms with Crippen molar-refractivity contribution in [1.29, 1.82) is 0 Å². The molecule has 1 aromatic rings. The van der Waals surface area contributed by atoms with Crippen LogP contribution in [0.5, 0.6) is 0 Å². The van der Waals surface area contributed by atoms with Crippen molar-refractivity contribution < 1.29 is 19.1 Å². The first-order chi connectivity index (χ1) is 9.67. The molecule has 1 fully saturated rings. The highest BCUT2D eigenvalue weighted by molar-refractivity contribution is 5.76. The molecule has 0 heterocycles. The van der Waals surface area contributed by atoms with Crippen LogP contribution in [0, 0.1) is 11.8 Å². The molecule has 0 bridgehead atoms. The fourth-order valence-electron chi connectivity index (χ4n) is 3.05. The van der Waals surface area contributed by atoms with E-state index >= 15 is 0 Å². The summed E-state index contributed by atoms with van der Waals surface area (Å²) in [5.41, 5.74) is 1.08. The van der Waals surface area contributed by atoms with Crippen molar-refractivity contribution in [3.05, 3.63) is 35.9 Å². The van der Waals surface area contributed by atoms with Gasteiger partial charge in [0.15, 0.2) is 0 Å². The molecule has 20 heavy (non-hydrogen) atoms. The van der Waals surface area contributed by atoms with Crippen LogP contribution >= 0.6 is 0 Å². The standard InChI is InChI=1S/C16H20O4/c1-19-15(17)12-8-9-13(16(18)20-2)14(10-12)11-6-4-3-5-7-11/h3-7,12-14H,8-10H2,1-2H3. The number of hydrogen-bond donors (Lipinski definition) is 0. The molecule has 0 spiro atoms. The molecule has 1 aliphatic rings. The van der Waals surface area contributed by atoms with E-state index in [1.54, 1.807) is 0 Å². The molecule has 1 aromatic carbocycles. The summed E-state index contributed by atoms with van der Waals surface area (Å²) in [6.07, 6.45) is 1.97. The minimum atomic E-state index is -0.192. The van der Waals surface area contributed by atoms with Crippen molar-refractivity contribution in [3.8, 4) is 0 Å². The van der Waals surface area contributed by atoms with E-state index in [0.717, 1.165) is 5.56 Å². The van der Waals surface area contributed by atoms with E-state index in [2.05, 4.69) is 0 Å². The van der Waals surface area contributed by atoms with Gasteiger partial charge in [0.2, 0.25) is 0 Å². The van der Waals surface area contributed by atoms with Crippen LogP contribution in [-0.2, 0) is 19.1 Å². The lowest BCUT2D eigenvalue weighted by Gasteiger charge is -2.33. The van der Waals surface area contributed by atoms with E-state index in [1.165, 1.54) is 14.2 Å². The van der Waals surface area contributed by atoms with Gasteiger partial charge >= 0.3 is 11.9 Å². The molecule has 0 radical (unpaired) electrons. The fraction of sp³-hybridized carbons (Fsp3) is 0.500. The molecule has 108 valence electrons. The third-order valence-corrected chi connectivity index (χ3v) is 4.12. The summed E-state index contributed by atoms with van der Waals surface area (Å²) in [6.45, 7) is 0. The van der Waals surface area contributed by atoms with Crippen LogP contribution in [0.2, 0.25) is 0 Å². The molecule has 4 heteroatoms. The monoisotopic (exact) mass is 276 g/mol. The molecule has 0 amide bonds. The summed E-state index contributed by atoms with van der Waals surface area (Å²) < 4.78 is 9.75. The zero-order chi connectivity index (χ0) is 14.5. The first-order valence-corrected chi connectivity index (χ1v) is 6.88. The van der Waals surface area contributed by atoms with Crippen molar-refractivity contribution in [2.75, 3.05) is 14.2 Å². The Morgan fingerprint density at radius 2 is 1.65 bits per heavy atom. The summed E-state index contributed by atoms with van der Waals surface area (Å²) in [5, 5.41) is 0. The van der Waals surface area contributed by atoms with Crippen LogP contribution in [0.3, 0.4) is 0 Å². The van der Waals surface area contributed by atoms with E-state index in [1.807, 2.05) is 30.3 Å². The van der Waals surface area contributed by atoms with Crippen LogP contribution < -0.4 is 0 Å². The minimum absolute atomic E-state index is 0.0153. The molecular weight excluding hydrogens is 256 g/mol. The van der Waals surface area contributed by atoms with Crippen molar-refractivity contribution in [2.45, 2.75) is 25.2 Å². The van der Waals surface area contributed by atoms with Gasteiger partial charge in [0.25, 0.3) is 0 Å². The van der Waals surface area contributed by atoms with E-state index in [4.69, 9.17) is 9.47 Å². The molecule has 1 saturated carbocycles. The third kappa shape index (κ3) is 3.00. The second-order valence-corrected chi connectivity index (χ2v) is 5.18. The van der Waals surface area contributed by atoms with Crippen LogP contribution in [-0.4, -0.2) is 26.2 Å². The van der Waals surface area contributed by atoms with Gasteiger partial charge in [0.05, 0.1) is 26.1 Å². The number of carbonyl (C=O) groups is 2. The molecule has 1 aliphatic carbocycles. The molecule has 2 rings (SSSR count). The van der Waals surface area contributed by atoms with E-state index in [9.17, 15) is 9.59 Å². The summed E-state index contributed by atoms with van der Waals surface area (Å²) >= 11 is 0. The van der Waals surface area contributed by atoms with Gasteiger partial charge in [0.1, 0.15) is 0 Å². The van der Waals surface area contributed by atoms with Gasteiger partial charge in [-0.25, -0.2) is 0 Å². The lowest BCUT2D eigenvalue weighted by atomic mass is 9.71. The number of esters is 2. The topological polar surface area (TPSA) is 52.6 Å². The Morgan fingerprint density at radius 1 is 1.00 bits per heavy atom. The van der Waals surface area contributed by atoms with Gasteiger partial charge in [0, 0.05) is 0 Å².